The number of imidazole rings is 1. The lowest BCUT2D eigenvalue weighted by Gasteiger charge is -2.17. The van der Waals surface area contributed by atoms with Crippen LogP contribution in [0.1, 0.15) is 40.8 Å². The number of amides is 1. The van der Waals surface area contributed by atoms with Crippen LogP contribution in [-0.4, -0.2) is 22.6 Å². The molecule has 1 aromatic carbocycles. The summed E-state index contributed by atoms with van der Waals surface area (Å²) in [5, 5.41) is 4.04. The van der Waals surface area contributed by atoms with Crippen molar-refractivity contribution in [2.24, 2.45) is 13.0 Å². The molecule has 6 nitrogen and oxygen atoms in total. The van der Waals surface area contributed by atoms with Crippen LogP contribution in [0.25, 0.3) is 11.0 Å². The number of aryl methyl sites for hydroxylation is 2. The lowest BCUT2D eigenvalue weighted by Crippen LogP contribution is -2.31. The summed E-state index contributed by atoms with van der Waals surface area (Å²) < 4.78 is 13.0. The molecule has 25 heavy (non-hydrogen) atoms. The van der Waals surface area contributed by atoms with Crippen LogP contribution in [0.3, 0.4) is 0 Å². The van der Waals surface area contributed by atoms with Crippen LogP contribution in [0.5, 0.6) is 5.75 Å². The number of nitrogens with zero attached hydrogens (tertiary/aromatic N) is 2. The number of rotatable bonds is 5. The molecule has 1 N–H and O–H groups in total. The average Bonchev–Trinajstić information content (AvgIpc) is 3.29. The summed E-state index contributed by atoms with van der Waals surface area (Å²) in [6, 6.07) is 5.50. The number of ether oxygens (including phenoxy) is 1. The Labute approximate surface area is 145 Å². The lowest BCUT2D eigenvalue weighted by atomic mass is 10.1. The Kier molecular flexibility index (Phi) is 3.75. The highest BCUT2D eigenvalue weighted by atomic mass is 16.5. The molecule has 4 rings (SSSR count). The molecule has 0 radical (unpaired) electrons. The van der Waals surface area contributed by atoms with Gasteiger partial charge in [0, 0.05) is 36.5 Å². The van der Waals surface area contributed by atoms with E-state index in [9.17, 15) is 4.79 Å². The van der Waals surface area contributed by atoms with Gasteiger partial charge in [-0.25, -0.2) is 4.98 Å². The van der Waals surface area contributed by atoms with Crippen molar-refractivity contribution in [1.29, 1.82) is 0 Å². The van der Waals surface area contributed by atoms with Gasteiger partial charge in [0.2, 0.25) is 0 Å². The molecule has 130 valence electrons. The van der Waals surface area contributed by atoms with Crippen molar-refractivity contribution >= 4 is 16.9 Å². The maximum absolute atomic E-state index is 12.9. The molecule has 1 aliphatic carbocycles. The Morgan fingerprint density at radius 2 is 2.24 bits per heavy atom. The maximum Gasteiger partial charge on any atom is 0.287 e. The van der Waals surface area contributed by atoms with E-state index in [-0.39, 0.29) is 11.9 Å². The van der Waals surface area contributed by atoms with Gasteiger partial charge < -0.3 is 19.0 Å². The molecule has 1 aliphatic rings. The van der Waals surface area contributed by atoms with Gasteiger partial charge in [-0.15, -0.1) is 0 Å². The molecule has 0 bridgehead atoms. The van der Waals surface area contributed by atoms with Gasteiger partial charge in [0.05, 0.1) is 13.2 Å². The molecule has 1 amide bonds. The lowest BCUT2D eigenvalue weighted by molar-refractivity contribution is 0.0902. The summed E-state index contributed by atoms with van der Waals surface area (Å²) in [5.74, 6) is 2.17. The van der Waals surface area contributed by atoms with E-state index in [4.69, 9.17) is 9.15 Å². The van der Waals surface area contributed by atoms with Gasteiger partial charge in [0.25, 0.3) is 5.91 Å². The molecular weight excluding hydrogens is 318 g/mol. The van der Waals surface area contributed by atoms with Crippen LogP contribution in [0, 0.1) is 12.8 Å². The first-order valence-electron chi connectivity index (χ1n) is 8.43. The van der Waals surface area contributed by atoms with Crippen molar-refractivity contribution in [3.05, 3.63) is 47.7 Å². The van der Waals surface area contributed by atoms with Gasteiger partial charge in [-0.1, -0.05) is 0 Å². The van der Waals surface area contributed by atoms with Crippen molar-refractivity contribution in [2.75, 3.05) is 7.11 Å². The van der Waals surface area contributed by atoms with E-state index in [1.807, 2.05) is 36.9 Å². The number of furan rings is 1. The Hall–Kier alpha value is -2.76. The average molecular weight is 339 g/mol. The summed E-state index contributed by atoms with van der Waals surface area (Å²) in [5.41, 5.74) is 1.49. The maximum atomic E-state index is 12.9. The Bertz CT molecular complexity index is 937. The van der Waals surface area contributed by atoms with E-state index >= 15 is 0 Å². The van der Waals surface area contributed by atoms with E-state index in [2.05, 4.69) is 10.3 Å². The van der Waals surface area contributed by atoms with Crippen LogP contribution < -0.4 is 10.1 Å². The van der Waals surface area contributed by atoms with Crippen molar-refractivity contribution in [3.63, 3.8) is 0 Å². The van der Waals surface area contributed by atoms with Gasteiger partial charge in [-0.2, -0.15) is 0 Å². The molecule has 1 fully saturated rings. The van der Waals surface area contributed by atoms with Crippen LogP contribution in [0.4, 0.5) is 0 Å². The number of fused-ring (bicyclic) bond motifs is 1. The minimum Gasteiger partial charge on any atom is -0.497 e. The van der Waals surface area contributed by atoms with E-state index < -0.39 is 0 Å². The van der Waals surface area contributed by atoms with Crippen molar-refractivity contribution in [3.8, 4) is 5.75 Å². The molecule has 0 aliphatic heterocycles. The summed E-state index contributed by atoms with van der Waals surface area (Å²) in [6.07, 6.45) is 5.87. The van der Waals surface area contributed by atoms with Gasteiger partial charge in [-0.3, -0.25) is 4.79 Å². The number of benzene rings is 1. The highest BCUT2D eigenvalue weighted by molar-refractivity contribution is 5.99. The van der Waals surface area contributed by atoms with E-state index in [0.29, 0.717) is 23.0 Å². The minimum absolute atomic E-state index is 0.0883. The normalized spacial score (nSPS) is 15.3. The minimum atomic E-state index is -0.201. The van der Waals surface area contributed by atoms with Crippen LogP contribution >= 0.6 is 0 Å². The second kappa shape index (κ2) is 5.95. The van der Waals surface area contributed by atoms with Crippen molar-refractivity contribution in [1.82, 2.24) is 14.9 Å². The predicted octanol–water partition coefficient (Wildman–Crippen LogP) is 3.36. The first kappa shape index (κ1) is 15.7. The highest BCUT2D eigenvalue weighted by Gasteiger charge is 2.36. The largest absolute Gasteiger partial charge is 0.497 e. The number of methoxy groups -OCH3 is 1. The zero-order valence-electron chi connectivity index (χ0n) is 14.6. The molecule has 2 heterocycles. The third-order valence-corrected chi connectivity index (χ3v) is 4.87. The van der Waals surface area contributed by atoms with Crippen molar-refractivity contribution < 1.29 is 13.9 Å². The summed E-state index contributed by atoms with van der Waals surface area (Å²) in [4.78, 5) is 17.3. The molecule has 1 saturated carbocycles. The number of hydrogen-bond donors (Lipinski definition) is 1. The molecule has 6 heteroatoms. The molecule has 0 unspecified atom stereocenters. The topological polar surface area (TPSA) is 69.3 Å². The zero-order chi connectivity index (χ0) is 17.6. The smallest absolute Gasteiger partial charge is 0.287 e. The second-order valence-electron chi connectivity index (χ2n) is 6.60. The quantitative estimate of drug-likeness (QED) is 0.774. The fourth-order valence-corrected chi connectivity index (χ4v) is 3.26. The molecule has 2 aromatic heterocycles. The second-order valence-corrected chi connectivity index (χ2v) is 6.60. The summed E-state index contributed by atoms with van der Waals surface area (Å²) in [7, 11) is 3.56. The van der Waals surface area contributed by atoms with Gasteiger partial charge in [-0.05, 0) is 37.8 Å². The van der Waals surface area contributed by atoms with Gasteiger partial charge in [0.15, 0.2) is 5.76 Å². The van der Waals surface area contributed by atoms with E-state index in [1.54, 1.807) is 19.4 Å². The van der Waals surface area contributed by atoms with Crippen LogP contribution in [0.15, 0.2) is 35.0 Å². The Morgan fingerprint density at radius 3 is 2.88 bits per heavy atom. The van der Waals surface area contributed by atoms with Gasteiger partial charge in [0.1, 0.15) is 17.2 Å². The molecule has 1 atom stereocenters. The predicted molar refractivity (Wildman–Crippen MR) is 93.6 cm³/mol. The molecule has 3 aromatic rings. The van der Waals surface area contributed by atoms with Gasteiger partial charge >= 0.3 is 0 Å². The number of carbonyl (C=O) groups excluding carboxylic acids is 1. The number of carbonyl (C=O) groups is 1. The van der Waals surface area contributed by atoms with E-state index in [0.717, 1.165) is 29.6 Å². The summed E-state index contributed by atoms with van der Waals surface area (Å²) >= 11 is 0. The Balaban J connectivity index is 1.65. The van der Waals surface area contributed by atoms with Crippen LogP contribution in [0.2, 0.25) is 0 Å². The van der Waals surface area contributed by atoms with Crippen LogP contribution in [-0.2, 0) is 7.05 Å². The fourth-order valence-electron chi connectivity index (χ4n) is 3.26. The SMILES string of the molecule is COc1ccc2c(C)c(C(=O)N[C@H](c3nccn3C)C3CC3)oc2c1. The fraction of sp³-hybridized carbons (Fsp3) is 0.368. The molecule has 0 saturated heterocycles. The first-order chi connectivity index (χ1) is 12.1. The molecule has 0 spiro atoms. The third kappa shape index (κ3) is 2.77. The monoisotopic (exact) mass is 339 g/mol. The zero-order valence-corrected chi connectivity index (χ0v) is 14.6. The highest BCUT2D eigenvalue weighted by Crippen LogP contribution is 2.40. The number of aromatic nitrogens is 2. The number of hydrogen-bond acceptors (Lipinski definition) is 4. The standard InChI is InChI=1S/C19H21N3O3/c1-11-14-7-6-13(24-3)10-15(14)25-17(11)19(23)21-16(12-4-5-12)18-20-8-9-22(18)2/h6-10,12,16H,4-5H2,1-3H3,(H,21,23)/t16-/m0/s1. The molecular formula is C19H21N3O3. The van der Waals surface area contributed by atoms with E-state index in [1.165, 1.54) is 0 Å². The van der Waals surface area contributed by atoms with Crippen molar-refractivity contribution in [2.45, 2.75) is 25.8 Å². The first-order valence-corrected chi connectivity index (χ1v) is 8.43. The third-order valence-electron chi connectivity index (χ3n) is 4.87. The summed E-state index contributed by atoms with van der Waals surface area (Å²) in [6.45, 7) is 1.90. The number of nitrogens with one attached hydrogen (secondary N) is 1. The Morgan fingerprint density at radius 1 is 1.44 bits per heavy atom.